The second kappa shape index (κ2) is 25.7. The van der Waals surface area contributed by atoms with Crippen molar-refractivity contribution >= 4 is 60.7 Å². The number of amides is 8. The van der Waals surface area contributed by atoms with Crippen LogP contribution in [0.4, 0.5) is 9.59 Å². The van der Waals surface area contributed by atoms with Crippen molar-refractivity contribution in [2.45, 2.75) is 128 Å². The molecule has 73 heavy (non-hydrogen) atoms. The SMILES string of the molecule is COC(=O)N[C@@H](CC(=O)O[C@H](C)[C@H](NC(=O)OCc1ccccc1)C(=O)NC[C@H](N)C(=O)N[C@@H](CC(C)C)C(=O)NCC(=O)NCC(N)=O)C(=O)N[C@@H](Cc1ccccc1)B1O[C@@H]2C[C@@H]3C[C@@H](C3(C)C)[C@]2(C)O1. The zero-order valence-electron chi connectivity index (χ0n) is 42.4. The van der Waals surface area contributed by atoms with Crippen LogP contribution in [0.3, 0.4) is 0 Å². The van der Waals surface area contributed by atoms with Crippen molar-refractivity contribution < 1.29 is 66.7 Å². The number of alkyl carbamates (subject to hydrolysis) is 2. The van der Waals surface area contributed by atoms with Gasteiger partial charge in [-0.05, 0) is 73.8 Å². The first-order valence-corrected chi connectivity index (χ1v) is 24.4. The first kappa shape index (κ1) is 57.1. The average Bonchev–Trinajstić information content (AvgIpc) is 3.72. The molecule has 1 heterocycles. The predicted molar refractivity (Wildman–Crippen MR) is 263 cm³/mol. The van der Waals surface area contributed by atoms with Gasteiger partial charge in [0.2, 0.25) is 35.4 Å². The van der Waals surface area contributed by atoms with E-state index >= 15 is 0 Å². The Bertz CT molecular complexity index is 2290. The summed E-state index contributed by atoms with van der Waals surface area (Å²) in [6.45, 7) is 9.69. The summed E-state index contributed by atoms with van der Waals surface area (Å²) >= 11 is 0. The molecule has 1 saturated heterocycles. The summed E-state index contributed by atoms with van der Waals surface area (Å²) in [4.78, 5) is 117. The van der Waals surface area contributed by atoms with Gasteiger partial charge in [0.1, 0.15) is 36.9 Å². The van der Waals surface area contributed by atoms with E-state index in [4.69, 9.17) is 35.0 Å². The molecule has 3 saturated carbocycles. The first-order valence-electron chi connectivity index (χ1n) is 24.4. The van der Waals surface area contributed by atoms with E-state index in [2.05, 4.69) is 51.1 Å². The third-order valence-corrected chi connectivity index (χ3v) is 13.7. The molecule has 8 amide bonds. The highest BCUT2D eigenvalue weighted by Crippen LogP contribution is 2.65. The normalized spacial score (nSPS) is 21.7. The molecule has 1 aliphatic heterocycles. The van der Waals surface area contributed by atoms with Crippen molar-refractivity contribution in [3.05, 3.63) is 71.8 Å². The van der Waals surface area contributed by atoms with Crippen molar-refractivity contribution in [3.8, 4) is 0 Å². The number of methoxy groups -OCH3 is 1. The van der Waals surface area contributed by atoms with Crippen LogP contribution in [0.5, 0.6) is 0 Å². The Kier molecular flexibility index (Phi) is 20.1. The van der Waals surface area contributed by atoms with Gasteiger partial charge in [-0.1, -0.05) is 88.4 Å². The van der Waals surface area contributed by atoms with Gasteiger partial charge in [0.05, 0.1) is 44.3 Å². The number of esters is 1. The third kappa shape index (κ3) is 15.9. The van der Waals surface area contributed by atoms with E-state index in [0.717, 1.165) is 25.5 Å². The minimum atomic E-state index is -1.68. The number of rotatable bonds is 25. The fourth-order valence-electron chi connectivity index (χ4n) is 9.56. The second-order valence-corrected chi connectivity index (χ2v) is 19.9. The maximum Gasteiger partial charge on any atom is 0.482 e. The number of hydrogen-bond acceptors (Lipinski definition) is 15. The molecule has 398 valence electrons. The molecule has 4 aliphatic rings. The molecule has 6 rings (SSSR count). The molecule has 0 aromatic heterocycles. The molecular formula is C49H70BN9O14. The number of ether oxygens (including phenoxy) is 3. The number of primary amides is 1. The Balaban J connectivity index is 1.27. The van der Waals surface area contributed by atoms with Crippen molar-refractivity contribution in [1.29, 1.82) is 0 Å². The molecule has 2 aromatic rings. The molecule has 0 radical (unpaired) electrons. The quantitative estimate of drug-likeness (QED) is 0.0360. The van der Waals surface area contributed by atoms with E-state index in [1.54, 1.807) is 44.2 Å². The molecule has 0 spiro atoms. The largest absolute Gasteiger partial charge is 0.482 e. The van der Waals surface area contributed by atoms with E-state index in [9.17, 15) is 43.2 Å². The van der Waals surface area contributed by atoms with Crippen LogP contribution < -0.4 is 48.7 Å². The minimum absolute atomic E-state index is 0.0498. The van der Waals surface area contributed by atoms with Crippen LogP contribution in [0, 0.1) is 23.2 Å². The molecule has 4 fully saturated rings. The molecule has 23 nitrogen and oxygen atoms in total. The lowest BCUT2D eigenvalue weighted by Gasteiger charge is -2.64. The Morgan fingerprint density at radius 1 is 0.753 bits per heavy atom. The highest BCUT2D eigenvalue weighted by Gasteiger charge is 2.68. The molecule has 2 aromatic carbocycles. The number of nitrogens with two attached hydrogens (primary N) is 2. The van der Waals surface area contributed by atoms with Gasteiger partial charge < -0.3 is 72.2 Å². The standard InChI is InChI=1S/C49H70BN9O14/c1-27(2)18-33(43(64)55-25-39(61)53-24-38(52)60)56-42(63)32(51)23-54-45(66)41(59-47(68)70-26-30-16-12-9-13-17-30)28(3)71-40(62)22-34(57-46(67)69-7)44(65)58-37(19-29-14-10-8-11-15-29)50-72-36-21-31-20-35(48(31,4)5)49(36,6)73-50/h8-17,27-28,31-37,41H,18-26,51H2,1-7H3,(H2,52,60)(H,53,61)(H,54,66)(H,55,64)(H,56,63)(H,57,67)(H,58,65)(H,59,68)/t28-,31+,32+,33+,34+,35+,36-,37+,41+,49+/m1/s1. The smallest absolute Gasteiger partial charge is 0.460 e. The van der Waals surface area contributed by atoms with Crippen molar-refractivity contribution in [3.63, 3.8) is 0 Å². The van der Waals surface area contributed by atoms with Gasteiger partial charge in [0, 0.05) is 6.54 Å². The van der Waals surface area contributed by atoms with Crippen LogP contribution in [-0.2, 0) is 70.1 Å². The molecule has 11 N–H and O–H groups in total. The number of benzene rings is 2. The topological polar surface area (TPSA) is 336 Å². The third-order valence-electron chi connectivity index (χ3n) is 13.7. The van der Waals surface area contributed by atoms with E-state index in [0.29, 0.717) is 11.5 Å². The number of hydrogen-bond donors (Lipinski definition) is 9. The lowest BCUT2D eigenvalue weighted by molar-refractivity contribution is -0.199. The van der Waals surface area contributed by atoms with Crippen LogP contribution >= 0.6 is 0 Å². The van der Waals surface area contributed by atoms with Crippen LogP contribution in [0.25, 0.3) is 0 Å². The maximum atomic E-state index is 14.2. The van der Waals surface area contributed by atoms with E-state index in [1.165, 1.54) is 6.92 Å². The molecule has 2 bridgehead atoms. The van der Waals surface area contributed by atoms with Gasteiger partial charge in [-0.25, -0.2) is 9.59 Å². The van der Waals surface area contributed by atoms with Gasteiger partial charge in [0.15, 0.2) is 0 Å². The highest BCUT2D eigenvalue weighted by atomic mass is 16.7. The van der Waals surface area contributed by atoms with Crippen LogP contribution in [-0.4, -0.2) is 135 Å². The van der Waals surface area contributed by atoms with Gasteiger partial charge in [-0.2, -0.15) is 0 Å². The second-order valence-electron chi connectivity index (χ2n) is 19.9. The van der Waals surface area contributed by atoms with Crippen molar-refractivity contribution in [2.75, 3.05) is 26.7 Å². The Labute approximate surface area is 424 Å². The van der Waals surface area contributed by atoms with Crippen LogP contribution in [0.1, 0.15) is 78.4 Å². The summed E-state index contributed by atoms with van der Waals surface area (Å²) in [5, 5.41) is 17.3. The average molecular weight is 1020 g/mol. The van der Waals surface area contributed by atoms with Gasteiger partial charge >= 0.3 is 25.3 Å². The van der Waals surface area contributed by atoms with Crippen LogP contribution in [0.2, 0.25) is 0 Å². The fourth-order valence-corrected chi connectivity index (χ4v) is 9.56. The monoisotopic (exact) mass is 1020 g/mol. The fraction of sp³-hybridized carbons (Fsp3) is 0.571. The van der Waals surface area contributed by atoms with Crippen molar-refractivity contribution in [1.82, 2.24) is 37.2 Å². The Morgan fingerprint density at radius 3 is 2.03 bits per heavy atom. The summed E-state index contributed by atoms with van der Waals surface area (Å²) in [5.74, 6) is -6.12. The van der Waals surface area contributed by atoms with Gasteiger partial charge in [-0.15, -0.1) is 0 Å². The molecule has 10 atom stereocenters. The summed E-state index contributed by atoms with van der Waals surface area (Å²) in [7, 11) is 0.202. The van der Waals surface area contributed by atoms with Gasteiger partial charge in [-0.3, -0.25) is 33.6 Å². The summed E-state index contributed by atoms with van der Waals surface area (Å²) < 4.78 is 29.1. The Hall–Kier alpha value is -6.79. The molecule has 0 unspecified atom stereocenters. The lowest BCUT2D eigenvalue weighted by Crippen LogP contribution is -2.65. The van der Waals surface area contributed by atoms with E-state index in [1.807, 2.05) is 37.3 Å². The first-order chi connectivity index (χ1) is 34.5. The minimum Gasteiger partial charge on any atom is -0.460 e. The number of carbonyl (C=O) groups excluding carboxylic acids is 9. The number of carbonyl (C=O) groups is 9. The molecule has 3 aliphatic carbocycles. The summed E-state index contributed by atoms with van der Waals surface area (Å²) in [6.07, 6.45) is -2.37. The molecule has 24 heteroatoms. The summed E-state index contributed by atoms with van der Waals surface area (Å²) in [5.41, 5.74) is 12.1. The van der Waals surface area contributed by atoms with Gasteiger partial charge in [0.25, 0.3) is 0 Å². The van der Waals surface area contributed by atoms with Crippen molar-refractivity contribution in [2.24, 2.45) is 34.6 Å². The van der Waals surface area contributed by atoms with Crippen LogP contribution in [0.15, 0.2) is 60.7 Å². The predicted octanol–water partition coefficient (Wildman–Crippen LogP) is 0.0149. The highest BCUT2D eigenvalue weighted by molar-refractivity contribution is 6.48. The summed E-state index contributed by atoms with van der Waals surface area (Å²) in [6, 6.07) is 12.1. The van der Waals surface area contributed by atoms with E-state index in [-0.39, 0.29) is 42.8 Å². The number of nitrogens with one attached hydrogen (secondary N) is 7. The zero-order chi connectivity index (χ0) is 53.6. The Morgan fingerprint density at radius 2 is 1.41 bits per heavy atom. The lowest BCUT2D eigenvalue weighted by atomic mass is 9.43. The maximum absolute atomic E-state index is 14.2. The molecular weight excluding hydrogens is 949 g/mol. The van der Waals surface area contributed by atoms with E-state index < -0.39 is 129 Å². The zero-order valence-corrected chi connectivity index (χ0v) is 42.4.